The van der Waals surface area contributed by atoms with Crippen molar-refractivity contribution >= 4 is 33.5 Å². The summed E-state index contributed by atoms with van der Waals surface area (Å²) in [5, 5.41) is 15.5. The quantitative estimate of drug-likeness (QED) is 0.147. The predicted molar refractivity (Wildman–Crippen MR) is 127 cm³/mol. The fourth-order valence-electron chi connectivity index (χ4n) is 4.58. The van der Waals surface area contributed by atoms with Crippen LogP contribution >= 0.6 is 0 Å². The minimum Gasteiger partial charge on any atom is -0.461 e. The van der Waals surface area contributed by atoms with Crippen molar-refractivity contribution in [2.24, 2.45) is 5.16 Å². The lowest BCUT2D eigenvalue weighted by Crippen LogP contribution is -2.61. The fourth-order valence-corrected chi connectivity index (χ4v) is 6.24. The topological polar surface area (TPSA) is 142 Å². The molecule has 2 atom stereocenters. The fraction of sp³-hybridized carbons (Fsp3) is 0.478. The van der Waals surface area contributed by atoms with Crippen molar-refractivity contribution in [1.29, 1.82) is 0 Å². The maximum atomic E-state index is 12.9. The van der Waals surface area contributed by atoms with Gasteiger partial charge in [-0.05, 0) is 18.6 Å². The van der Waals surface area contributed by atoms with E-state index in [0.717, 1.165) is 9.87 Å². The molecule has 2 N–H and O–H groups in total. The van der Waals surface area contributed by atoms with Gasteiger partial charge in [-0.3, -0.25) is 14.4 Å². The van der Waals surface area contributed by atoms with Crippen molar-refractivity contribution < 1.29 is 37.2 Å². The van der Waals surface area contributed by atoms with E-state index in [1.165, 1.54) is 6.08 Å². The van der Waals surface area contributed by atoms with Gasteiger partial charge in [-0.15, -0.1) is 0 Å². The van der Waals surface area contributed by atoms with E-state index in [0.29, 0.717) is 25.1 Å². The Bertz CT molecular complexity index is 1120. The van der Waals surface area contributed by atoms with Crippen LogP contribution in [0.5, 0.6) is 0 Å². The van der Waals surface area contributed by atoms with E-state index in [4.69, 9.17) is 4.74 Å². The Kier molecular flexibility index (Phi) is 8.28. The molecule has 0 aromatic heterocycles. The number of esters is 1. The number of benzene rings is 1. The average molecular weight is 508 g/mol. The molecule has 35 heavy (non-hydrogen) atoms. The van der Waals surface area contributed by atoms with E-state index in [-0.39, 0.29) is 54.5 Å². The Morgan fingerprint density at radius 1 is 1.31 bits per heavy atom. The number of ether oxygens (including phenoxy) is 1. The molecule has 0 spiro atoms. The molecule has 2 fully saturated rings. The van der Waals surface area contributed by atoms with Crippen LogP contribution in [0.3, 0.4) is 0 Å². The van der Waals surface area contributed by atoms with Crippen molar-refractivity contribution in [2.75, 3.05) is 38.5 Å². The highest BCUT2D eigenvalue weighted by Crippen LogP contribution is 2.32. The zero-order valence-electron chi connectivity index (χ0n) is 19.7. The summed E-state index contributed by atoms with van der Waals surface area (Å²) >= 11 is 0. The molecule has 1 aromatic carbocycles. The molecule has 1 aromatic rings. The molecule has 2 aliphatic heterocycles. The summed E-state index contributed by atoms with van der Waals surface area (Å²) in [4.78, 5) is 36.7. The zero-order chi connectivity index (χ0) is 25.6. The first-order valence-corrected chi connectivity index (χ1v) is 13.0. The summed E-state index contributed by atoms with van der Waals surface area (Å²) in [6.45, 7) is 6.43. The summed E-state index contributed by atoms with van der Waals surface area (Å²) < 4.78 is 31.3. The number of nitrogens with one attached hydrogen (secondary N) is 1. The number of nitrogens with zero attached hydrogens (tertiary/aromatic N) is 3. The molecule has 11 nitrogen and oxygen atoms in total. The van der Waals surface area contributed by atoms with Crippen molar-refractivity contribution in [3.63, 3.8) is 0 Å². The van der Waals surface area contributed by atoms with Gasteiger partial charge in [0.2, 0.25) is 10.0 Å². The van der Waals surface area contributed by atoms with Crippen LogP contribution in [-0.2, 0) is 30.9 Å². The van der Waals surface area contributed by atoms with E-state index in [2.05, 4.69) is 17.1 Å². The van der Waals surface area contributed by atoms with E-state index in [1.54, 1.807) is 31.2 Å². The van der Waals surface area contributed by atoms with Gasteiger partial charge in [0.15, 0.2) is 6.54 Å². The minimum absolute atomic E-state index is 0.0251. The molecule has 12 heteroatoms. The molecule has 2 aliphatic rings. The maximum Gasteiger partial charge on any atom is 0.307 e. The maximum absolute atomic E-state index is 12.9. The second-order valence-electron chi connectivity index (χ2n) is 8.79. The number of amides is 2. The third-order valence-corrected chi connectivity index (χ3v) is 8.02. The highest BCUT2D eigenvalue weighted by Gasteiger charge is 2.56. The molecule has 0 aliphatic carbocycles. The Morgan fingerprint density at radius 3 is 2.66 bits per heavy atom. The van der Waals surface area contributed by atoms with Crippen LogP contribution < -0.4 is 5.32 Å². The number of fused-ring (bicyclic) bond motifs is 2. The standard InChI is InChI=1S/C23H30N4O7S/c1-3-11-34-22(29)9-10-24-23(30)18-7-5-17(6-8-18)13-27-14-19(25-31)20(15-27)26(21(28)16-27)35(32,33)12-4-2/h3,5-8,20H,1,4,9-16H2,2H3,(H-,24,30,31)/p+1/b25-19+. The molecule has 190 valence electrons. The van der Waals surface area contributed by atoms with Gasteiger partial charge in [0, 0.05) is 17.7 Å². The largest absolute Gasteiger partial charge is 0.461 e. The van der Waals surface area contributed by atoms with Crippen molar-refractivity contribution in [3.05, 3.63) is 48.0 Å². The van der Waals surface area contributed by atoms with E-state index >= 15 is 0 Å². The molecule has 2 bridgehead atoms. The van der Waals surface area contributed by atoms with Gasteiger partial charge in [0.05, 0.1) is 12.2 Å². The van der Waals surface area contributed by atoms with E-state index in [9.17, 15) is 28.0 Å². The number of rotatable bonds is 11. The third kappa shape index (κ3) is 6.06. The molecular weight excluding hydrogens is 476 g/mol. The van der Waals surface area contributed by atoms with Crippen molar-refractivity contribution in [2.45, 2.75) is 32.4 Å². The first-order chi connectivity index (χ1) is 16.6. The number of piperazine rings is 1. The summed E-state index contributed by atoms with van der Waals surface area (Å²) in [5.74, 6) is -1.41. The van der Waals surface area contributed by atoms with Crippen LogP contribution in [0.15, 0.2) is 42.1 Å². The van der Waals surface area contributed by atoms with Crippen LogP contribution in [0, 0.1) is 0 Å². The van der Waals surface area contributed by atoms with Crippen molar-refractivity contribution in [3.8, 4) is 0 Å². The van der Waals surface area contributed by atoms with Crippen LogP contribution in [0.25, 0.3) is 0 Å². The first-order valence-electron chi connectivity index (χ1n) is 11.4. The molecular formula is C23H31N4O7S+. The Morgan fingerprint density at radius 2 is 2.03 bits per heavy atom. The Balaban J connectivity index is 1.65. The second kappa shape index (κ2) is 11.0. The molecule has 2 amide bonds. The van der Waals surface area contributed by atoms with Crippen LogP contribution in [0.2, 0.25) is 0 Å². The van der Waals surface area contributed by atoms with Crippen LogP contribution in [-0.4, -0.2) is 90.5 Å². The number of hydrogen-bond donors (Lipinski definition) is 2. The van der Waals surface area contributed by atoms with Gasteiger partial charge in [-0.25, -0.2) is 12.7 Å². The summed E-state index contributed by atoms with van der Waals surface area (Å²) in [7, 11) is -3.79. The molecule has 0 radical (unpaired) electrons. The lowest BCUT2D eigenvalue weighted by molar-refractivity contribution is -0.921. The van der Waals surface area contributed by atoms with Gasteiger partial charge in [0.25, 0.3) is 11.8 Å². The molecule has 0 saturated carbocycles. The number of carbonyl (C=O) groups is 3. The van der Waals surface area contributed by atoms with Gasteiger partial charge in [-0.2, -0.15) is 0 Å². The minimum atomic E-state index is -3.79. The van der Waals surface area contributed by atoms with Gasteiger partial charge < -0.3 is 19.7 Å². The second-order valence-corrected chi connectivity index (χ2v) is 10.8. The number of carbonyl (C=O) groups excluding carboxylic acids is 3. The van der Waals surface area contributed by atoms with Gasteiger partial charge in [-0.1, -0.05) is 36.9 Å². The average Bonchev–Trinajstić information content (AvgIpc) is 3.09. The number of hydrogen-bond acceptors (Lipinski definition) is 8. The lowest BCUT2D eigenvalue weighted by Gasteiger charge is -2.39. The summed E-state index contributed by atoms with van der Waals surface area (Å²) in [6.07, 6.45) is 1.89. The summed E-state index contributed by atoms with van der Waals surface area (Å²) in [5.41, 5.74) is 1.54. The molecule has 2 heterocycles. The zero-order valence-corrected chi connectivity index (χ0v) is 20.5. The molecule has 2 saturated heterocycles. The number of sulfonamides is 1. The van der Waals surface area contributed by atoms with Crippen molar-refractivity contribution in [1.82, 2.24) is 9.62 Å². The number of oxime groups is 1. The molecule has 2 unspecified atom stereocenters. The molecule has 3 rings (SSSR count). The summed E-state index contributed by atoms with van der Waals surface area (Å²) in [6, 6.07) is 6.05. The third-order valence-electron chi connectivity index (χ3n) is 6.04. The van der Waals surface area contributed by atoms with Crippen LogP contribution in [0.4, 0.5) is 0 Å². The lowest BCUT2D eigenvalue weighted by atomic mass is 10.1. The SMILES string of the molecule is C=CCOC(=O)CCNC(=O)c1ccc(C[N+]23CC(=O)N(S(=O)(=O)CCC)C(C2)/C(=N/O)C3)cc1. The predicted octanol–water partition coefficient (Wildman–Crippen LogP) is 0.647. The first kappa shape index (κ1) is 26.4. The van der Waals surface area contributed by atoms with Gasteiger partial charge >= 0.3 is 5.97 Å². The normalized spacial score (nSPS) is 22.8. The van der Waals surface area contributed by atoms with Gasteiger partial charge in [0.1, 0.15) is 38.0 Å². The number of quaternary nitrogens is 1. The Hall–Kier alpha value is -3.25. The highest BCUT2D eigenvalue weighted by molar-refractivity contribution is 7.89. The van der Waals surface area contributed by atoms with E-state index < -0.39 is 27.9 Å². The Labute approximate surface area is 204 Å². The smallest absolute Gasteiger partial charge is 0.307 e. The van der Waals surface area contributed by atoms with Crippen LogP contribution in [0.1, 0.15) is 35.7 Å². The highest BCUT2D eigenvalue weighted by atomic mass is 32.2. The van der Waals surface area contributed by atoms with E-state index in [1.807, 2.05) is 0 Å². The monoisotopic (exact) mass is 507 g/mol.